The fourth-order valence-corrected chi connectivity index (χ4v) is 3.72. The molecule has 1 saturated carbocycles. The van der Waals surface area contributed by atoms with Crippen LogP contribution in [0.25, 0.3) is 0 Å². The Morgan fingerprint density at radius 1 is 1.24 bits per heavy atom. The van der Waals surface area contributed by atoms with Gasteiger partial charge >= 0.3 is 5.97 Å². The fourth-order valence-electron chi connectivity index (χ4n) is 3.72. The van der Waals surface area contributed by atoms with Crippen LogP contribution in [0.2, 0.25) is 0 Å². The van der Waals surface area contributed by atoms with Crippen molar-refractivity contribution in [1.29, 1.82) is 0 Å². The zero-order valence-corrected chi connectivity index (χ0v) is 12.3. The van der Waals surface area contributed by atoms with E-state index in [1.54, 1.807) is 4.90 Å². The first-order valence-electron chi connectivity index (χ1n) is 7.61. The van der Waals surface area contributed by atoms with E-state index in [4.69, 9.17) is 0 Å². The van der Waals surface area contributed by atoms with Gasteiger partial charge < -0.3 is 10.0 Å². The number of hydrogen-bond acceptors (Lipinski definition) is 2. The topological polar surface area (TPSA) is 57.6 Å². The van der Waals surface area contributed by atoms with Gasteiger partial charge in [-0.15, -0.1) is 0 Å². The molecule has 1 N–H and O–H groups in total. The molecule has 2 aliphatic rings. The summed E-state index contributed by atoms with van der Waals surface area (Å²) in [6.07, 6.45) is 4.02. The van der Waals surface area contributed by atoms with Gasteiger partial charge in [-0.05, 0) is 24.0 Å². The number of nitrogens with zero attached hydrogens (tertiary/aromatic N) is 1. The lowest BCUT2D eigenvalue weighted by atomic mass is 9.84. The number of rotatable bonds is 2. The number of fused-ring (bicyclic) bond motifs is 1. The van der Waals surface area contributed by atoms with Crippen molar-refractivity contribution in [3.05, 3.63) is 35.4 Å². The number of hydrogen-bond donors (Lipinski definition) is 1. The van der Waals surface area contributed by atoms with Crippen molar-refractivity contribution in [1.82, 2.24) is 4.90 Å². The predicted octanol–water partition coefficient (Wildman–Crippen LogP) is 2.78. The molecule has 1 aliphatic carbocycles. The zero-order valence-electron chi connectivity index (χ0n) is 12.3. The molecule has 21 heavy (non-hydrogen) atoms. The van der Waals surface area contributed by atoms with Gasteiger partial charge in [0.15, 0.2) is 0 Å². The second-order valence-corrected chi connectivity index (χ2v) is 6.54. The SMILES string of the molecule is CC1(C(=O)N2Cc3ccccc3C(C(=O)O)C2)CCCC1. The van der Waals surface area contributed by atoms with Crippen LogP contribution in [0.5, 0.6) is 0 Å². The molecule has 112 valence electrons. The second kappa shape index (κ2) is 5.17. The van der Waals surface area contributed by atoms with Crippen LogP contribution in [0.4, 0.5) is 0 Å². The summed E-state index contributed by atoms with van der Waals surface area (Å²) in [6.45, 7) is 2.85. The monoisotopic (exact) mass is 287 g/mol. The van der Waals surface area contributed by atoms with Crippen molar-refractivity contribution in [3.8, 4) is 0 Å². The van der Waals surface area contributed by atoms with Crippen LogP contribution in [-0.4, -0.2) is 28.4 Å². The van der Waals surface area contributed by atoms with Crippen LogP contribution < -0.4 is 0 Å². The predicted molar refractivity (Wildman–Crippen MR) is 78.8 cm³/mol. The first kappa shape index (κ1) is 14.1. The van der Waals surface area contributed by atoms with Crippen molar-refractivity contribution < 1.29 is 14.7 Å². The second-order valence-electron chi connectivity index (χ2n) is 6.54. The largest absolute Gasteiger partial charge is 0.481 e. The van der Waals surface area contributed by atoms with Crippen LogP contribution in [0.15, 0.2) is 24.3 Å². The summed E-state index contributed by atoms with van der Waals surface area (Å²) in [5.41, 5.74) is 1.52. The third-order valence-corrected chi connectivity index (χ3v) is 5.00. The van der Waals surface area contributed by atoms with Gasteiger partial charge in [0, 0.05) is 18.5 Å². The number of benzene rings is 1. The van der Waals surface area contributed by atoms with E-state index in [2.05, 4.69) is 0 Å². The van der Waals surface area contributed by atoms with Crippen LogP contribution in [0, 0.1) is 5.41 Å². The maximum atomic E-state index is 12.8. The highest BCUT2D eigenvalue weighted by molar-refractivity contribution is 5.85. The molecule has 4 heteroatoms. The van der Waals surface area contributed by atoms with E-state index in [1.807, 2.05) is 31.2 Å². The highest BCUT2D eigenvalue weighted by Crippen LogP contribution is 2.41. The maximum absolute atomic E-state index is 12.8. The number of amides is 1. The summed E-state index contributed by atoms with van der Waals surface area (Å²) in [5, 5.41) is 9.48. The molecule has 0 spiro atoms. The molecule has 0 aromatic heterocycles. The number of carboxylic acids is 1. The number of carbonyl (C=O) groups is 2. The number of aliphatic carboxylic acids is 1. The van der Waals surface area contributed by atoms with Gasteiger partial charge in [-0.3, -0.25) is 9.59 Å². The van der Waals surface area contributed by atoms with Crippen molar-refractivity contribution in [2.24, 2.45) is 5.41 Å². The minimum Gasteiger partial charge on any atom is -0.481 e. The molecular formula is C17H21NO3. The normalized spacial score (nSPS) is 23.7. The third-order valence-electron chi connectivity index (χ3n) is 5.00. The van der Waals surface area contributed by atoms with E-state index in [0.29, 0.717) is 13.1 Å². The van der Waals surface area contributed by atoms with Crippen LogP contribution in [0.1, 0.15) is 49.7 Å². The van der Waals surface area contributed by atoms with Crippen LogP contribution in [0.3, 0.4) is 0 Å². The van der Waals surface area contributed by atoms with E-state index in [9.17, 15) is 14.7 Å². The molecule has 3 rings (SSSR count). The van der Waals surface area contributed by atoms with Crippen molar-refractivity contribution in [2.75, 3.05) is 6.54 Å². The first-order valence-corrected chi connectivity index (χ1v) is 7.61. The minimum atomic E-state index is -0.850. The van der Waals surface area contributed by atoms with Gasteiger partial charge in [-0.1, -0.05) is 44.0 Å². The van der Waals surface area contributed by atoms with Crippen molar-refractivity contribution in [2.45, 2.75) is 45.1 Å². The third kappa shape index (κ3) is 2.43. The molecule has 1 fully saturated rings. The Balaban J connectivity index is 1.89. The Labute approximate surface area is 124 Å². The average Bonchev–Trinajstić information content (AvgIpc) is 2.93. The van der Waals surface area contributed by atoms with Gasteiger partial charge in [0.1, 0.15) is 0 Å². The number of carbonyl (C=O) groups excluding carboxylic acids is 1. The van der Waals surface area contributed by atoms with E-state index in [0.717, 1.165) is 36.8 Å². The Hall–Kier alpha value is -1.84. The molecule has 1 aromatic rings. The van der Waals surface area contributed by atoms with Crippen molar-refractivity contribution in [3.63, 3.8) is 0 Å². The van der Waals surface area contributed by atoms with Crippen LogP contribution in [-0.2, 0) is 16.1 Å². The van der Waals surface area contributed by atoms with Gasteiger partial charge in [0.2, 0.25) is 5.91 Å². The summed E-state index contributed by atoms with van der Waals surface area (Å²) in [6, 6.07) is 7.57. The van der Waals surface area contributed by atoms with Gasteiger partial charge in [-0.25, -0.2) is 0 Å². The fraction of sp³-hybridized carbons (Fsp3) is 0.529. The standard InChI is InChI=1S/C17H21NO3/c1-17(8-4-5-9-17)16(21)18-10-12-6-2-3-7-13(12)14(11-18)15(19)20/h2-3,6-7,14H,4-5,8-11H2,1H3,(H,19,20). The Morgan fingerprint density at radius 3 is 2.57 bits per heavy atom. The number of carboxylic acid groups (broad SMARTS) is 1. The molecule has 0 bridgehead atoms. The van der Waals surface area contributed by atoms with Gasteiger partial charge in [-0.2, -0.15) is 0 Å². The highest BCUT2D eigenvalue weighted by Gasteiger charge is 2.42. The Kier molecular flexibility index (Phi) is 3.47. The summed E-state index contributed by atoms with van der Waals surface area (Å²) in [7, 11) is 0. The molecule has 4 nitrogen and oxygen atoms in total. The highest BCUT2D eigenvalue weighted by atomic mass is 16.4. The molecule has 1 aliphatic heterocycles. The lowest BCUT2D eigenvalue weighted by molar-refractivity contribution is -0.145. The molecule has 1 unspecified atom stereocenters. The van der Waals surface area contributed by atoms with E-state index >= 15 is 0 Å². The lowest BCUT2D eigenvalue weighted by Gasteiger charge is -2.37. The molecular weight excluding hydrogens is 266 g/mol. The summed E-state index contributed by atoms with van der Waals surface area (Å²) in [4.78, 5) is 26.1. The average molecular weight is 287 g/mol. The molecule has 1 aromatic carbocycles. The molecule has 1 atom stereocenters. The van der Waals surface area contributed by atoms with E-state index < -0.39 is 11.9 Å². The Bertz CT molecular complexity index is 575. The van der Waals surface area contributed by atoms with Crippen LogP contribution >= 0.6 is 0 Å². The molecule has 0 radical (unpaired) electrons. The Morgan fingerprint density at radius 2 is 1.90 bits per heavy atom. The molecule has 1 heterocycles. The molecule has 1 amide bonds. The summed E-state index contributed by atoms with van der Waals surface area (Å²) < 4.78 is 0. The quantitative estimate of drug-likeness (QED) is 0.910. The smallest absolute Gasteiger partial charge is 0.312 e. The van der Waals surface area contributed by atoms with E-state index in [-0.39, 0.29) is 11.3 Å². The first-order chi connectivity index (χ1) is 10.0. The maximum Gasteiger partial charge on any atom is 0.312 e. The lowest BCUT2D eigenvalue weighted by Crippen LogP contribution is -2.46. The van der Waals surface area contributed by atoms with E-state index in [1.165, 1.54) is 0 Å². The van der Waals surface area contributed by atoms with Gasteiger partial charge in [0.25, 0.3) is 0 Å². The summed E-state index contributed by atoms with van der Waals surface area (Å²) in [5.74, 6) is -1.33. The van der Waals surface area contributed by atoms with Gasteiger partial charge in [0.05, 0.1) is 5.92 Å². The summed E-state index contributed by atoms with van der Waals surface area (Å²) >= 11 is 0. The van der Waals surface area contributed by atoms with Crippen molar-refractivity contribution >= 4 is 11.9 Å². The molecule has 0 saturated heterocycles. The zero-order chi connectivity index (χ0) is 15.0. The minimum absolute atomic E-state index is 0.126.